The van der Waals surface area contributed by atoms with Gasteiger partial charge in [0.15, 0.2) is 0 Å². The number of hydrazone groups is 1. The quantitative estimate of drug-likeness (QED) is 0.250. The summed E-state index contributed by atoms with van der Waals surface area (Å²) in [4.78, 5) is 10.6. The number of nitrogens with one attached hydrogen (secondary N) is 2. The van der Waals surface area contributed by atoms with Crippen LogP contribution in [-0.2, 0) is 10.0 Å². The highest BCUT2D eigenvalue weighted by molar-refractivity contribution is 7.92. The molecule has 0 aromatic heterocycles. The Morgan fingerprint density at radius 2 is 1.65 bits per heavy atom. The number of nitrogens with zero attached hydrogens (tertiary/aromatic N) is 2. The number of methoxy groups -OCH3 is 3. The van der Waals surface area contributed by atoms with Crippen molar-refractivity contribution in [3.05, 3.63) is 76.3 Å². The maximum absolute atomic E-state index is 12.8. The number of rotatable bonds is 10. The van der Waals surface area contributed by atoms with Gasteiger partial charge in [-0.25, -0.2) is 8.42 Å². The lowest BCUT2D eigenvalue weighted by Crippen LogP contribution is -2.14. The fraction of sp³-hybridized carbons (Fsp3) is 0.136. The van der Waals surface area contributed by atoms with Gasteiger partial charge in [0, 0.05) is 17.7 Å². The Kier molecular flexibility index (Phi) is 7.53. The Balaban J connectivity index is 1.86. The van der Waals surface area contributed by atoms with E-state index in [0.717, 1.165) is 6.07 Å². The third kappa shape index (κ3) is 5.53. The van der Waals surface area contributed by atoms with Gasteiger partial charge < -0.3 is 14.2 Å². The van der Waals surface area contributed by atoms with Gasteiger partial charge in [-0.15, -0.1) is 0 Å². The van der Waals surface area contributed by atoms with E-state index in [1.54, 1.807) is 36.4 Å². The summed E-state index contributed by atoms with van der Waals surface area (Å²) < 4.78 is 43.6. The van der Waals surface area contributed by atoms with Gasteiger partial charge in [0.25, 0.3) is 15.7 Å². The zero-order valence-electron chi connectivity index (χ0n) is 18.5. The standard InChI is InChI=1S/C22H22N4O7S/c1-31-16-9-8-15(22(12-16)33-3)14-23-24-18-11-10-17(13-20(18)26(27)28)34(29,30)25-19-6-4-5-7-21(19)32-2/h4-14,24-25H,1-3H3/b23-14+. The Labute approximate surface area is 196 Å². The summed E-state index contributed by atoms with van der Waals surface area (Å²) in [6.45, 7) is 0. The number of nitro groups is 1. The maximum Gasteiger partial charge on any atom is 0.295 e. The second-order valence-corrected chi connectivity index (χ2v) is 8.40. The molecule has 0 radical (unpaired) electrons. The maximum atomic E-state index is 12.8. The minimum Gasteiger partial charge on any atom is -0.497 e. The molecule has 0 saturated carbocycles. The summed E-state index contributed by atoms with van der Waals surface area (Å²) in [7, 11) is 0.292. The van der Waals surface area contributed by atoms with Crippen LogP contribution in [0.25, 0.3) is 0 Å². The molecule has 0 amide bonds. The Bertz CT molecular complexity index is 1330. The lowest BCUT2D eigenvalue weighted by molar-refractivity contribution is -0.384. The van der Waals surface area contributed by atoms with Crippen LogP contribution in [-0.4, -0.2) is 40.9 Å². The minimum atomic E-state index is -4.13. The summed E-state index contributed by atoms with van der Waals surface area (Å²) in [5.74, 6) is 1.39. The molecule has 178 valence electrons. The molecule has 0 unspecified atom stereocenters. The fourth-order valence-corrected chi connectivity index (χ4v) is 4.04. The van der Waals surface area contributed by atoms with Gasteiger partial charge in [0.2, 0.25) is 0 Å². The van der Waals surface area contributed by atoms with E-state index in [2.05, 4.69) is 15.2 Å². The zero-order chi connectivity index (χ0) is 24.7. The SMILES string of the molecule is COc1ccc(/C=N/Nc2ccc(S(=O)(=O)Nc3ccccc3OC)cc2[N+](=O)[O-])c(OC)c1. The Morgan fingerprint density at radius 1 is 0.912 bits per heavy atom. The van der Waals surface area contributed by atoms with Crippen molar-refractivity contribution >= 4 is 33.3 Å². The van der Waals surface area contributed by atoms with Crippen LogP contribution in [0.4, 0.5) is 17.1 Å². The summed E-state index contributed by atoms with van der Waals surface area (Å²) in [5.41, 5.74) is 2.91. The molecule has 0 spiro atoms. The van der Waals surface area contributed by atoms with Gasteiger partial charge in [0.05, 0.1) is 43.1 Å². The Hall–Kier alpha value is -4.32. The average Bonchev–Trinajstić information content (AvgIpc) is 2.84. The monoisotopic (exact) mass is 486 g/mol. The number of sulfonamides is 1. The van der Waals surface area contributed by atoms with E-state index in [1.165, 1.54) is 45.7 Å². The second kappa shape index (κ2) is 10.5. The molecular weight excluding hydrogens is 464 g/mol. The summed E-state index contributed by atoms with van der Waals surface area (Å²) in [5, 5.41) is 15.6. The van der Waals surface area contributed by atoms with Crippen molar-refractivity contribution in [3.8, 4) is 17.2 Å². The summed E-state index contributed by atoms with van der Waals surface area (Å²) >= 11 is 0. The average molecular weight is 487 g/mol. The van der Waals surface area contributed by atoms with Crippen molar-refractivity contribution in [1.82, 2.24) is 0 Å². The van der Waals surface area contributed by atoms with E-state index < -0.39 is 20.6 Å². The van der Waals surface area contributed by atoms with Crippen molar-refractivity contribution in [2.45, 2.75) is 4.90 Å². The number of ether oxygens (including phenoxy) is 3. The van der Waals surface area contributed by atoms with Crippen LogP contribution in [0.15, 0.2) is 70.7 Å². The molecule has 0 fully saturated rings. The number of hydrogen-bond acceptors (Lipinski definition) is 9. The van der Waals surface area contributed by atoms with Gasteiger partial charge in [-0.05, 0) is 36.4 Å². The number of para-hydroxylation sites is 2. The van der Waals surface area contributed by atoms with Crippen LogP contribution in [0.2, 0.25) is 0 Å². The molecule has 0 bridgehead atoms. The van der Waals surface area contributed by atoms with E-state index in [-0.39, 0.29) is 16.3 Å². The van der Waals surface area contributed by atoms with Crippen LogP contribution in [0.1, 0.15) is 5.56 Å². The molecule has 11 nitrogen and oxygen atoms in total. The molecule has 0 saturated heterocycles. The highest BCUT2D eigenvalue weighted by atomic mass is 32.2. The van der Waals surface area contributed by atoms with Crippen molar-refractivity contribution in [1.29, 1.82) is 0 Å². The molecule has 0 aliphatic rings. The molecule has 3 aromatic carbocycles. The molecule has 12 heteroatoms. The van der Waals surface area contributed by atoms with Crippen molar-refractivity contribution in [2.24, 2.45) is 5.10 Å². The first-order chi connectivity index (χ1) is 16.3. The van der Waals surface area contributed by atoms with E-state index in [9.17, 15) is 18.5 Å². The first-order valence-corrected chi connectivity index (χ1v) is 11.2. The van der Waals surface area contributed by atoms with Crippen molar-refractivity contribution < 1.29 is 27.6 Å². The molecule has 0 heterocycles. The lowest BCUT2D eigenvalue weighted by atomic mass is 10.2. The zero-order valence-corrected chi connectivity index (χ0v) is 19.3. The van der Waals surface area contributed by atoms with Gasteiger partial charge in [-0.2, -0.15) is 5.10 Å². The van der Waals surface area contributed by atoms with Crippen LogP contribution in [0, 0.1) is 10.1 Å². The smallest absolute Gasteiger partial charge is 0.295 e. The fourth-order valence-electron chi connectivity index (χ4n) is 2.95. The van der Waals surface area contributed by atoms with Crippen LogP contribution in [0.3, 0.4) is 0 Å². The molecule has 0 atom stereocenters. The van der Waals surface area contributed by atoms with E-state index in [1.807, 2.05) is 0 Å². The van der Waals surface area contributed by atoms with Gasteiger partial charge in [-0.1, -0.05) is 12.1 Å². The first kappa shape index (κ1) is 24.3. The highest BCUT2D eigenvalue weighted by Crippen LogP contribution is 2.31. The molecular formula is C22H22N4O7S. The number of anilines is 2. The Morgan fingerprint density at radius 3 is 2.32 bits per heavy atom. The first-order valence-electron chi connectivity index (χ1n) is 9.74. The topological polar surface area (TPSA) is 141 Å². The molecule has 0 aliphatic carbocycles. The second-order valence-electron chi connectivity index (χ2n) is 6.72. The molecule has 0 aliphatic heterocycles. The number of nitro benzene ring substituents is 1. The number of benzene rings is 3. The normalized spacial score (nSPS) is 11.1. The van der Waals surface area contributed by atoms with E-state index >= 15 is 0 Å². The van der Waals surface area contributed by atoms with Gasteiger partial charge >= 0.3 is 0 Å². The third-order valence-corrected chi connectivity index (χ3v) is 6.02. The minimum absolute atomic E-state index is 0.00460. The van der Waals surface area contributed by atoms with Crippen LogP contribution < -0.4 is 24.4 Å². The molecule has 3 rings (SSSR count). The van der Waals surface area contributed by atoms with Gasteiger partial charge in [-0.3, -0.25) is 20.3 Å². The summed E-state index contributed by atoms with van der Waals surface area (Å²) in [6, 6.07) is 14.9. The highest BCUT2D eigenvalue weighted by Gasteiger charge is 2.22. The van der Waals surface area contributed by atoms with E-state index in [0.29, 0.717) is 22.8 Å². The number of hydrogen-bond donors (Lipinski definition) is 2. The van der Waals surface area contributed by atoms with Crippen molar-refractivity contribution in [2.75, 3.05) is 31.5 Å². The van der Waals surface area contributed by atoms with Crippen LogP contribution >= 0.6 is 0 Å². The predicted molar refractivity (Wildman–Crippen MR) is 128 cm³/mol. The van der Waals surface area contributed by atoms with E-state index in [4.69, 9.17) is 14.2 Å². The largest absolute Gasteiger partial charge is 0.497 e. The predicted octanol–water partition coefficient (Wildman–Crippen LogP) is 3.87. The molecule has 34 heavy (non-hydrogen) atoms. The molecule has 3 aromatic rings. The molecule has 2 N–H and O–H groups in total. The van der Waals surface area contributed by atoms with Crippen LogP contribution in [0.5, 0.6) is 17.2 Å². The van der Waals surface area contributed by atoms with Crippen molar-refractivity contribution in [3.63, 3.8) is 0 Å². The third-order valence-electron chi connectivity index (χ3n) is 4.66. The van der Waals surface area contributed by atoms with Gasteiger partial charge in [0.1, 0.15) is 22.9 Å². The lowest BCUT2D eigenvalue weighted by Gasteiger charge is -2.12. The summed E-state index contributed by atoms with van der Waals surface area (Å²) in [6.07, 6.45) is 1.41.